The number of carbonyl (C=O) groups is 2. The zero-order valence-electron chi connectivity index (χ0n) is 25.6. The second-order valence-electron chi connectivity index (χ2n) is 13.3. The number of rotatable bonds is 3. The van der Waals surface area contributed by atoms with E-state index in [0.29, 0.717) is 6.54 Å². The molecule has 1 saturated heterocycles. The van der Waals surface area contributed by atoms with E-state index in [0.717, 1.165) is 35.2 Å². The van der Waals surface area contributed by atoms with Crippen molar-refractivity contribution in [3.05, 3.63) is 54.1 Å². The molecule has 2 aromatic carbocycles. The largest absolute Gasteiger partial charge is 0.494 e. The highest BCUT2D eigenvalue weighted by Crippen LogP contribution is 2.37. The van der Waals surface area contributed by atoms with Crippen molar-refractivity contribution in [1.29, 1.82) is 0 Å². The van der Waals surface area contributed by atoms with Crippen molar-refractivity contribution in [3.63, 3.8) is 0 Å². The van der Waals surface area contributed by atoms with E-state index in [2.05, 4.69) is 19.9 Å². The van der Waals surface area contributed by atoms with E-state index in [9.17, 15) is 9.59 Å². The van der Waals surface area contributed by atoms with E-state index >= 15 is 0 Å². The van der Waals surface area contributed by atoms with Gasteiger partial charge in [-0.15, -0.1) is 0 Å². The molecular weight excluding hydrogens is 503 g/mol. The number of amides is 2. The van der Waals surface area contributed by atoms with E-state index < -0.39 is 23.9 Å². The van der Waals surface area contributed by atoms with E-state index in [-0.39, 0.29) is 30.4 Å². The molecule has 1 fully saturated rings. The van der Waals surface area contributed by atoms with Gasteiger partial charge >= 0.3 is 13.2 Å². The van der Waals surface area contributed by atoms with Crippen molar-refractivity contribution in [2.24, 2.45) is 5.92 Å². The Morgan fingerprint density at radius 3 is 2.30 bits per heavy atom. The van der Waals surface area contributed by atoms with E-state index in [1.54, 1.807) is 9.80 Å². The normalized spacial score (nSPS) is 21.4. The van der Waals surface area contributed by atoms with Crippen LogP contribution in [0.4, 0.5) is 16.2 Å². The van der Waals surface area contributed by atoms with Gasteiger partial charge in [0.05, 0.1) is 16.9 Å². The van der Waals surface area contributed by atoms with Crippen molar-refractivity contribution in [2.75, 3.05) is 11.4 Å². The van der Waals surface area contributed by atoms with Gasteiger partial charge in [-0.2, -0.15) is 0 Å². The third-order valence-corrected chi connectivity index (χ3v) is 8.16. The van der Waals surface area contributed by atoms with Crippen molar-refractivity contribution in [3.8, 4) is 0 Å². The predicted octanol–water partition coefficient (Wildman–Crippen LogP) is 6.25. The SMILES string of the molecule is CC(C)[C@H]1CC(=O)N(c2cccc(B3OC(C)(C)C(C)(C)O3)c2)c2ccccc2CCCN1C(=O)OC(C)(C)C. The molecule has 2 aromatic rings. The lowest BCUT2D eigenvalue weighted by atomic mass is 9.79. The summed E-state index contributed by atoms with van der Waals surface area (Å²) in [4.78, 5) is 31.2. The van der Waals surface area contributed by atoms with Crippen LogP contribution >= 0.6 is 0 Å². The van der Waals surface area contributed by atoms with Crippen LogP contribution in [0.3, 0.4) is 0 Å². The van der Waals surface area contributed by atoms with E-state index in [4.69, 9.17) is 14.0 Å². The predicted molar refractivity (Wildman–Crippen MR) is 160 cm³/mol. The van der Waals surface area contributed by atoms with Gasteiger partial charge in [0.1, 0.15) is 5.60 Å². The van der Waals surface area contributed by atoms with Gasteiger partial charge in [0.15, 0.2) is 0 Å². The summed E-state index contributed by atoms with van der Waals surface area (Å²) < 4.78 is 18.4. The number of fused-ring (bicyclic) bond motifs is 1. The number of para-hydroxylation sites is 1. The van der Waals surface area contributed by atoms with Gasteiger partial charge in [-0.1, -0.05) is 44.2 Å². The molecular formula is C32H45BN2O5. The maximum atomic E-state index is 14.3. The van der Waals surface area contributed by atoms with Crippen molar-refractivity contribution in [1.82, 2.24) is 4.90 Å². The quantitative estimate of drug-likeness (QED) is 0.425. The Kier molecular flexibility index (Phi) is 8.44. The summed E-state index contributed by atoms with van der Waals surface area (Å²) in [6.45, 7) is 18.4. The molecule has 2 aliphatic heterocycles. The molecule has 0 unspecified atom stereocenters. The topological polar surface area (TPSA) is 68.3 Å². The monoisotopic (exact) mass is 548 g/mol. The number of hydrogen-bond acceptors (Lipinski definition) is 5. The van der Waals surface area contributed by atoms with E-state index in [1.807, 2.05) is 90.9 Å². The van der Waals surface area contributed by atoms with Crippen LogP contribution in [-0.4, -0.2) is 53.4 Å². The average molecular weight is 549 g/mol. The molecule has 0 bridgehead atoms. The summed E-state index contributed by atoms with van der Waals surface area (Å²) in [5.41, 5.74) is 1.97. The van der Waals surface area contributed by atoms with Crippen LogP contribution in [0.5, 0.6) is 0 Å². The first-order chi connectivity index (χ1) is 18.6. The van der Waals surface area contributed by atoms with Crippen LogP contribution in [0.1, 0.15) is 80.7 Å². The van der Waals surface area contributed by atoms with Crippen molar-refractivity contribution < 1.29 is 23.6 Å². The van der Waals surface area contributed by atoms with Gasteiger partial charge in [0, 0.05) is 24.7 Å². The Morgan fingerprint density at radius 2 is 1.68 bits per heavy atom. The number of benzene rings is 2. The standard InChI is InChI=1S/C32H45BN2O5/c1-22(2)27-21-28(36)35(25-17-12-16-24(20-25)33-39-31(6,7)32(8,9)40-33)26-18-11-10-14-23(26)15-13-19-34(27)29(37)38-30(3,4)5/h10-12,14,16-18,20,22,27H,13,15,19,21H2,1-9H3/t27-/m1/s1. The third kappa shape index (κ3) is 6.39. The highest BCUT2D eigenvalue weighted by Gasteiger charge is 2.51. The van der Waals surface area contributed by atoms with Gasteiger partial charge in [-0.25, -0.2) is 4.79 Å². The number of aryl methyl sites for hydroxylation is 1. The minimum atomic E-state index is -0.621. The van der Waals surface area contributed by atoms with Gasteiger partial charge in [0.25, 0.3) is 0 Å². The van der Waals surface area contributed by atoms with Crippen LogP contribution < -0.4 is 10.4 Å². The zero-order chi connectivity index (χ0) is 29.5. The molecule has 216 valence electrons. The van der Waals surface area contributed by atoms with Crippen LogP contribution in [0.2, 0.25) is 0 Å². The fourth-order valence-corrected chi connectivity index (χ4v) is 5.28. The minimum Gasteiger partial charge on any atom is -0.444 e. The molecule has 4 rings (SSSR count). The van der Waals surface area contributed by atoms with Crippen LogP contribution in [0.15, 0.2) is 48.5 Å². The molecule has 1 atom stereocenters. The average Bonchev–Trinajstić information content (AvgIpc) is 3.07. The molecule has 2 amide bonds. The first kappa shape index (κ1) is 30.1. The molecule has 0 saturated carbocycles. The molecule has 0 N–H and O–H groups in total. The summed E-state index contributed by atoms with van der Waals surface area (Å²) in [6, 6.07) is 15.6. The summed E-state index contributed by atoms with van der Waals surface area (Å²) in [5, 5.41) is 0. The molecule has 8 heteroatoms. The Hall–Kier alpha value is -2.84. The Balaban J connectivity index is 1.75. The van der Waals surface area contributed by atoms with Gasteiger partial charge in [-0.05, 0) is 96.5 Å². The first-order valence-corrected chi connectivity index (χ1v) is 14.5. The molecule has 40 heavy (non-hydrogen) atoms. The maximum absolute atomic E-state index is 14.3. The third-order valence-electron chi connectivity index (χ3n) is 8.16. The van der Waals surface area contributed by atoms with Crippen molar-refractivity contribution in [2.45, 2.75) is 104 Å². The molecule has 7 nitrogen and oxygen atoms in total. The number of carbonyl (C=O) groups excluding carboxylic acids is 2. The molecule has 0 aliphatic carbocycles. The summed E-state index contributed by atoms with van der Waals surface area (Å²) in [6.07, 6.45) is 1.28. The summed E-state index contributed by atoms with van der Waals surface area (Å²) in [5.74, 6) is -0.0169. The van der Waals surface area contributed by atoms with Gasteiger partial charge in [-0.3, -0.25) is 9.69 Å². The van der Waals surface area contributed by atoms with Gasteiger partial charge < -0.3 is 18.9 Å². The lowest BCUT2D eigenvalue weighted by molar-refractivity contribution is -0.119. The molecule has 0 radical (unpaired) electrons. The van der Waals surface area contributed by atoms with Crippen LogP contribution in [0, 0.1) is 5.92 Å². The Bertz CT molecular complexity index is 1220. The summed E-state index contributed by atoms with van der Waals surface area (Å²) in [7, 11) is -0.540. The Morgan fingerprint density at radius 1 is 1.02 bits per heavy atom. The lowest BCUT2D eigenvalue weighted by Gasteiger charge is -2.38. The van der Waals surface area contributed by atoms with Gasteiger partial charge in [0.2, 0.25) is 5.91 Å². The lowest BCUT2D eigenvalue weighted by Crippen LogP contribution is -2.49. The number of anilines is 2. The highest BCUT2D eigenvalue weighted by molar-refractivity contribution is 6.62. The van der Waals surface area contributed by atoms with E-state index in [1.165, 1.54) is 0 Å². The zero-order valence-corrected chi connectivity index (χ0v) is 25.6. The fourth-order valence-electron chi connectivity index (χ4n) is 5.28. The molecule has 2 aliphatic rings. The number of nitrogens with zero attached hydrogens (tertiary/aromatic N) is 2. The number of ether oxygens (including phenoxy) is 1. The molecule has 2 heterocycles. The molecule has 0 aromatic heterocycles. The highest BCUT2D eigenvalue weighted by atomic mass is 16.7. The smallest absolute Gasteiger partial charge is 0.444 e. The second-order valence-corrected chi connectivity index (χ2v) is 13.3. The van der Waals surface area contributed by atoms with Crippen LogP contribution in [-0.2, 0) is 25.3 Å². The maximum Gasteiger partial charge on any atom is 0.494 e. The fraction of sp³-hybridized carbons (Fsp3) is 0.562. The van der Waals surface area contributed by atoms with Crippen LogP contribution in [0.25, 0.3) is 0 Å². The minimum absolute atomic E-state index is 0.0593. The molecule has 0 spiro atoms. The van der Waals surface area contributed by atoms with Crippen molar-refractivity contribution >= 4 is 36.0 Å². The Labute approximate surface area is 240 Å². The number of hydrogen-bond donors (Lipinski definition) is 0. The first-order valence-electron chi connectivity index (χ1n) is 14.5. The second kappa shape index (κ2) is 11.2. The summed E-state index contributed by atoms with van der Waals surface area (Å²) >= 11 is 0.